The maximum atomic E-state index is 12.2. The summed E-state index contributed by atoms with van der Waals surface area (Å²) in [4.78, 5) is 39.0. The molecule has 7 nitrogen and oxygen atoms in total. The number of carbonyl (C=O) groups excluding carboxylic acids is 3. The lowest BCUT2D eigenvalue weighted by atomic mass is 10.2. The average Bonchev–Trinajstić information content (AvgIpc) is 2.89. The van der Waals surface area contributed by atoms with E-state index >= 15 is 0 Å². The topological polar surface area (TPSA) is 111 Å². The summed E-state index contributed by atoms with van der Waals surface area (Å²) in [7, 11) is 0. The summed E-state index contributed by atoms with van der Waals surface area (Å²) >= 11 is 6.99. The van der Waals surface area contributed by atoms with Crippen LogP contribution in [0.3, 0.4) is 0 Å². The molecule has 9 heteroatoms. The molecule has 0 spiro atoms. The number of esters is 1. The number of nitrogens with zero attached hydrogens (tertiary/aromatic N) is 1. The number of aromatic nitrogens is 1. The van der Waals surface area contributed by atoms with Gasteiger partial charge in [-0.1, -0.05) is 23.7 Å². The van der Waals surface area contributed by atoms with Crippen molar-refractivity contribution in [3.8, 4) is 10.6 Å². The number of thiazole rings is 1. The van der Waals surface area contributed by atoms with Crippen LogP contribution in [0.4, 0.5) is 4.79 Å². The molecule has 0 saturated heterocycles. The molecule has 2 aromatic rings. The van der Waals surface area contributed by atoms with Gasteiger partial charge in [-0.3, -0.25) is 10.1 Å². The van der Waals surface area contributed by atoms with Gasteiger partial charge in [0.1, 0.15) is 9.88 Å². The van der Waals surface area contributed by atoms with Crippen LogP contribution in [0.25, 0.3) is 10.6 Å². The van der Waals surface area contributed by atoms with E-state index in [4.69, 9.17) is 22.1 Å². The van der Waals surface area contributed by atoms with Gasteiger partial charge in [0.05, 0.1) is 5.69 Å². The standard InChI is InChI=1S/C15H14ClN3O4S/c1-7-11(14(21)23-8(2)12(20)19-15(17)22)24-13(18-7)9-3-5-10(16)6-4-9/h3-6,8H,1-2H3,(H3,17,19,20,22). The number of nitrogens with one attached hydrogen (secondary N) is 1. The number of hydrogen-bond donors (Lipinski definition) is 2. The maximum Gasteiger partial charge on any atom is 0.351 e. The number of nitrogens with two attached hydrogens (primary N) is 1. The fourth-order valence-corrected chi connectivity index (χ4v) is 2.87. The zero-order valence-corrected chi connectivity index (χ0v) is 14.4. The minimum absolute atomic E-state index is 0.277. The summed E-state index contributed by atoms with van der Waals surface area (Å²) in [5, 5.41) is 3.08. The van der Waals surface area contributed by atoms with Crippen molar-refractivity contribution in [3.05, 3.63) is 39.9 Å². The van der Waals surface area contributed by atoms with Crippen LogP contribution >= 0.6 is 22.9 Å². The van der Waals surface area contributed by atoms with E-state index in [0.29, 0.717) is 15.7 Å². The fourth-order valence-electron chi connectivity index (χ4n) is 1.79. The monoisotopic (exact) mass is 367 g/mol. The van der Waals surface area contributed by atoms with E-state index in [2.05, 4.69) is 4.98 Å². The third-order valence-corrected chi connectivity index (χ3v) is 4.41. The molecule has 1 heterocycles. The van der Waals surface area contributed by atoms with Crippen molar-refractivity contribution in [1.29, 1.82) is 0 Å². The van der Waals surface area contributed by atoms with Crippen molar-refractivity contribution in [2.75, 3.05) is 0 Å². The van der Waals surface area contributed by atoms with Crippen molar-refractivity contribution in [1.82, 2.24) is 10.3 Å². The number of imide groups is 1. The van der Waals surface area contributed by atoms with Crippen LogP contribution in [-0.2, 0) is 9.53 Å². The molecule has 0 aliphatic carbocycles. The van der Waals surface area contributed by atoms with Gasteiger partial charge in [0, 0.05) is 10.6 Å². The SMILES string of the molecule is Cc1nc(-c2ccc(Cl)cc2)sc1C(=O)OC(C)C(=O)NC(N)=O. The zero-order chi connectivity index (χ0) is 17.9. The second-order valence-electron chi connectivity index (χ2n) is 4.84. The summed E-state index contributed by atoms with van der Waals surface area (Å²) in [5.74, 6) is -1.49. The molecule has 0 radical (unpaired) electrons. The highest BCUT2D eigenvalue weighted by Crippen LogP contribution is 2.29. The number of amides is 3. The Labute approximate surface area is 146 Å². The number of urea groups is 1. The molecule has 0 saturated carbocycles. The molecule has 1 atom stereocenters. The van der Waals surface area contributed by atoms with Crippen LogP contribution in [0.15, 0.2) is 24.3 Å². The largest absolute Gasteiger partial charge is 0.448 e. The molecule has 1 aromatic carbocycles. The molecule has 0 aliphatic heterocycles. The molecule has 1 unspecified atom stereocenters. The molecule has 0 bridgehead atoms. The number of halogens is 1. The van der Waals surface area contributed by atoms with E-state index < -0.39 is 24.0 Å². The molecule has 3 amide bonds. The number of aryl methyl sites for hydroxylation is 1. The number of benzene rings is 1. The van der Waals surface area contributed by atoms with Gasteiger partial charge in [-0.05, 0) is 26.0 Å². The van der Waals surface area contributed by atoms with E-state index in [1.54, 1.807) is 31.2 Å². The van der Waals surface area contributed by atoms with Crippen LogP contribution in [0.5, 0.6) is 0 Å². The van der Waals surface area contributed by atoms with Gasteiger partial charge in [-0.25, -0.2) is 14.6 Å². The number of carbonyl (C=O) groups is 3. The third-order valence-electron chi connectivity index (χ3n) is 2.97. The van der Waals surface area contributed by atoms with E-state index in [-0.39, 0.29) is 4.88 Å². The predicted octanol–water partition coefficient (Wildman–Crippen LogP) is 2.51. The Morgan fingerprint density at radius 1 is 1.29 bits per heavy atom. The Hall–Kier alpha value is -2.45. The van der Waals surface area contributed by atoms with Crippen LogP contribution in [-0.4, -0.2) is 29.0 Å². The Kier molecular flexibility index (Phi) is 5.53. The summed E-state index contributed by atoms with van der Waals surface area (Å²) in [6.45, 7) is 3.01. The van der Waals surface area contributed by atoms with Gasteiger partial charge in [0.2, 0.25) is 0 Å². The second kappa shape index (κ2) is 7.41. The first-order valence-corrected chi connectivity index (χ1v) is 8.02. The molecule has 1 aromatic heterocycles. The molecular formula is C15H14ClN3O4S. The first-order chi connectivity index (χ1) is 11.3. The highest BCUT2D eigenvalue weighted by atomic mass is 35.5. The fraction of sp³-hybridized carbons (Fsp3) is 0.200. The minimum Gasteiger partial charge on any atom is -0.448 e. The summed E-state index contributed by atoms with van der Waals surface area (Å²) < 4.78 is 5.04. The minimum atomic E-state index is -1.16. The predicted molar refractivity (Wildman–Crippen MR) is 89.9 cm³/mol. The molecule has 24 heavy (non-hydrogen) atoms. The second-order valence-corrected chi connectivity index (χ2v) is 6.28. The normalized spacial score (nSPS) is 11.6. The summed E-state index contributed by atoms with van der Waals surface area (Å²) in [6.07, 6.45) is -1.16. The number of primary amides is 1. The number of ether oxygens (including phenoxy) is 1. The van der Waals surface area contributed by atoms with Crippen molar-refractivity contribution >= 4 is 40.8 Å². The van der Waals surface area contributed by atoms with Crippen molar-refractivity contribution in [2.24, 2.45) is 5.73 Å². The van der Waals surface area contributed by atoms with Crippen molar-refractivity contribution in [3.63, 3.8) is 0 Å². The lowest BCUT2D eigenvalue weighted by Gasteiger charge is -2.11. The Morgan fingerprint density at radius 2 is 1.92 bits per heavy atom. The molecule has 2 rings (SSSR count). The quantitative estimate of drug-likeness (QED) is 0.806. The van der Waals surface area contributed by atoms with Crippen LogP contribution in [0, 0.1) is 6.92 Å². The third kappa shape index (κ3) is 4.30. The lowest BCUT2D eigenvalue weighted by Crippen LogP contribution is -2.42. The van der Waals surface area contributed by atoms with Crippen LogP contribution < -0.4 is 11.1 Å². The van der Waals surface area contributed by atoms with Gasteiger partial charge in [-0.2, -0.15) is 0 Å². The molecule has 0 fully saturated rings. The van der Waals surface area contributed by atoms with E-state index in [1.807, 2.05) is 5.32 Å². The molecular weight excluding hydrogens is 354 g/mol. The average molecular weight is 368 g/mol. The van der Waals surface area contributed by atoms with Crippen LogP contribution in [0.2, 0.25) is 5.02 Å². The van der Waals surface area contributed by atoms with Gasteiger partial charge in [-0.15, -0.1) is 11.3 Å². The highest BCUT2D eigenvalue weighted by Gasteiger charge is 2.23. The van der Waals surface area contributed by atoms with E-state index in [1.165, 1.54) is 6.92 Å². The lowest BCUT2D eigenvalue weighted by molar-refractivity contribution is -0.127. The highest BCUT2D eigenvalue weighted by molar-refractivity contribution is 7.17. The van der Waals surface area contributed by atoms with E-state index in [0.717, 1.165) is 16.9 Å². The Balaban J connectivity index is 2.14. The summed E-state index contributed by atoms with van der Waals surface area (Å²) in [6, 6.07) is 6.02. The van der Waals surface area contributed by atoms with Gasteiger partial charge in [0.15, 0.2) is 6.10 Å². The van der Waals surface area contributed by atoms with Gasteiger partial charge < -0.3 is 10.5 Å². The molecule has 0 aliphatic rings. The van der Waals surface area contributed by atoms with Gasteiger partial charge in [0.25, 0.3) is 5.91 Å². The maximum absolute atomic E-state index is 12.2. The van der Waals surface area contributed by atoms with E-state index in [9.17, 15) is 14.4 Å². The number of hydrogen-bond acceptors (Lipinski definition) is 6. The first kappa shape index (κ1) is 17.9. The Morgan fingerprint density at radius 3 is 2.50 bits per heavy atom. The van der Waals surface area contributed by atoms with Gasteiger partial charge >= 0.3 is 12.0 Å². The van der Waals surface area contributed by atoms with Crippen molar-refractivity contribution in [2.45, 2.75) is 20.0 Å². The molecule has 3 N–H and O–H groups in total. The number of rotatable bonds is 4. The van der Waals surface area contributed by atoms with Crippen LogP contribution in [0.1, 0.15) is 22.3 Å². The molecule has 126 valence electrons. The smallest absolute Gasteiger partial charge is 0.351 e. The first-order valence-electron chi connectivity index (χ1n) is 6.82. The summed E-state index contributed by atoms with van der Waals surface area (Å²) in [5.41, 5.74) is 6.14. The van der Waals surface area contributed by atoms with Crippen molar-refractivity contribution < 1.29 is 19.1 Å². The zero-order valence-electron chi connectivity index (χ0n) is 12.8. The Bertz CT molecular complexity index is 789.